The lowest BCUT2D eigenvalue weighted by molar-refractivity contribution is 0.0690. The number of H-pyrrole nitrogens is 1. The van der Waals surface area contributed by atoms with E-state index in [1.54, 1.807) is 0 Å². The number of halogens is 1. The molecule has 0 aliphatic rings. The molecule has 0 atom stereocenters. The lowest BCUT2D eigenvalue weighted by Gasteiger charge is -1.79. The predicted molar refractivity (Wildman–Crippen MR) is 35.1 cm³/mol. The molecule has 0 aliphatic carbocycles. The predicted octanol–water partition coefficient (Wildman–Crippen LogP) is 0.847. The molecule has 0 spiro atoms. The van der Waals surface area contributed by atoms with Gasteiger partial charge in [-0.3, -0.25) is 5.10 Å². The van der Waals surface area contributed by atoms with E-state index in [1.807, 2.05) is 0 Å². The molecule has 2 N–H and O–H groups in total. The second kappa shape index (κ2) is 2.70. The monoisotopic (exact) mass is 160 g/mol. The third kappa shape index (κ3) is 1.27. The Morgan fingerprint density at radius 2 is 2.60 bits per heavy atom. The number of aromatic amines is 1. The van der Waals surface area contributed by atoms with Crippen LogP contribution in [0.1, 0.15) is 16.2 Å². The molecule has 5 heteroatoms. The summed E-state index contributed by atoms with van der Waals surface area (Å²) in [5.41, 5.74) is 0.606. The van der Waals surface area contributed by atoms with Crippen LogP contribution in [0.25, 0.3) is 0 Å². The minimum Gasteiger partial charge on any atom is -0.476 e. The van der Waals surface area contributed by atoms with Crippen molar-refractivity contribution >= 4 is 17.6 Å². The Morgan fingerprint density at radius 1 is 1.90 bits per heavy atom. The Balaban J connectivity index is 2.88. The van der Waals surface area contributed by atoms with Gasteiger partial charge in [0.05, 0.1) is 11.6 Å². The molecular weight excluding hydrogens is 156 g/mol. The van der Waals surface area contributed by atoms with Gasteiger partial charge in [-0.1, -0.05) is 0 Å². The van der Waals surface area contributed by atoms with Crippen molar-refractivity contribution in [1.29, 1.82) is 0 Å². The molecule has 1 aromatic rings. The van der Waals surface area contributed by atoms with Gasteiger partial charge in [-0.05, 0) is 6.07 Å². The molecule has 54 valence electrons. The SMILES string of the molecule is O=C(O)c1cc(CCl)[nH]n1. The van der Waals surface area contributed by atoms with E-state index in [-0.39, 0.29) is 11.6 Å². The van der Waals surface area contributed by atoms with Crippen LogP contribution in [0.15, 0.2) is 6.07 Å². The Morgan fingerprint density at radius 3 is 2.90 bits per heavy atom. The van der Waals surface area contributed by atoms with Crippen molar-refractivity contribution in [3.8, 4) is 0 Å². The average Bonchev–Trinajstić information content (AvgIpc) is 2.34. The van der Waals surface area contributed by atoms with E-state index in [0.29, 0.717) is 5.69 Å². The van der Waals surface area contributed by atoms with Crippen LogP contribution in [0, 0.1) is 0 Å². The second-order valence-electron chi connectivity index (χ2n) is 1.72. The first kappa shape index (κ1) is 7.08. The van der Waals surface area contributed by atoms with Gasteiger partial charge in [0.25, 0.3) is 0 Å². The highest BCUT2D eigenvalue weighted by Crippen LogP contribution is 2.01. The van der Waals surface area contributed by atoms with Crippen molar-refractivity contribution in [1.82, 2.24) is 10.2 Å². The van der Waals surface area contributed by atoms with E-state index in [1.165, 1.54) is 6.07 Å². The van der Waals surface area contributed by atoms with E-state index in [2.05, 4.69) is 10.2 Å². The van der Waals surface area contributed by atoms with Crippen LogP contribution in [0.2, 0.25) is 0 Å². The topological polar surface area (TPSA) is 66.0 Å². The minimum atomic E-state index is -1.05. The number of carboxylic acid groups (broad SMARTS) is 1. The summed E-state index contributed by atoms with van der Waals surface area (Å²) in [4.78, 5) is 10.2. The Kier molecular flexibility index (Phi) is 1.91. The zero-order valence-corrected chi connectivity index (χ0v) is 5.72. The van der Waals surface area contributed by atoms with Gasteiger partial charge in [0.1, 0.15) is 0 Å². The maximum absolute atomic E-state index is 10.2. The second-order valence-corrected chi connectivity index (χ2v) is 1.98. The fourth-order valence-corrected chi connectivity index (χ4v) is 0.677. The molecular formula is C5H5ClN2O2. The first-order valence-electron chi connectivity index (χ1n) is 2.57. The molecule has 1 rings (SSSR count). The van der Waals surface area contributed by atoms with Crippen molar-refractivity contribution in [3.05, 3.63) is 17.5 Å². The van der Waals surface area contributed by atoms with Crippen molar-refractivity contribution in [2.75, 3.05) is 0 Å². The number of hydrogen-bond acceptors (Lipinski definition) is 2. The van der Waals surface area contributed by atoms with Crippen LogP contribution in [0.3, 0.4) is 0 Å². The maximum atomic E-state index is 10.2. The Bertz CT molecular complexity index is 246. The first-order valence-corrected chi connectivity index (χ1v) is 3.11. The standard InChI is InChI=1S/C5H5ClN2O2/c6-2-3-1-4(5(9)10)8-7-3/h1H,2H2,(H,7,8)(H,9,10). The van der Waals surface area contributed by atoms with E-state index < -0.39 is 5.97 Å². The van der Waals surface area contributed by atoms with Gasteiger partial charge in [-0.15, -0.1) is 11.6 Å². The number of aromatic nitrogens is 2. The van der Waals surface area contributed by atoms with Gasteiger partial charge >= 0.3 is 5.97 Å². The number of aromatic carboxylic acids is 1. The summed E-state index contributed by atoms with van der Waals surface area (Å²) in [6.07, 6.45) is 0. The van der Waals surface area contributed by atoms with Gasteiger partial charge in [0.2, 0.25) is 0 Å². The number of carboxylic acids is 1. The molecule has 0 aliphatic heterocycles. The Labute approximate surface area is 61.8 Å². The molecule has 10 heavy (non-hydrogen) atoms. The van der Waals surface area contributed by atoms with Crippen molar-refractivity contribution < 1.29 is 9.90 Å². The molecule has 1 aromatic heterocycles. The zero-order valence-electron chi connectivity index (χ0n) is 4.97. The minimum absolute atomic E-state index is 0.00403. The summed E-state index contributed by atoms with van der Waals surface area (Å²) in [5.74, 6) is -0.798. The summed E-state index contributed by atoms with van der Waals surface area (Å²) in [6.45, 7) is 0. The molecule has 0 fully saturated rings. The highest BCUT2D eigenvalue weighted by molar-refractivity contribution is 6.16. The van der Waals surface area contributed by atoms with Gasteiger partial charge < -0.3 is 5.11 Å². The van der Waals surface area contributed by atoms with Crippen LogP contribution in [0.5, 0.6) is 0 Å². The van der Waals surface area contributed by atoms with Gasteiger partial charge in [0.15, 0.2) is 5.69 Å². The molecule has 0 saturated heterocycles. The molecule has 1 heterocycles. The van der Waals surface area contributed by atoms with Crippen molar-refractivity contribution in [2.45, 2.75) is 5.88 Å². The van der Waals surface area contributed by atoms with Gasteiger partial charge in [-0.2, -0.15) is 5.10 Å². The van der Waals surface area contributed by atoms with Crippen LogP contribution < -0.4 is 0 Å². The molecule has 4 nitrogen and oxygen atoms in total. The largest absolute Gasteiger partial charge is 0.476 e. The summed E-state index contributed by atoms with van der Waals surface area (Å²) < 4.78 is 0. The lowest BCUT2D eigenvalue weighted by atomic mass is 10.4. The van der Waals surface area contributed by atoms with Crippen molar-refractivity contribution in [2.24, 2.45) is 0 Å². The average molecular weight is 161 g/mol. The third-order valence-electron chi connectivity index (χ3n) is 0.994. The van der Waals surface area contributed by atoms with Crippen LogP contribution in [0.4, 0.5) is 0 Å². The number of nitrogens with zero attached hydrogens (tertiary/aromatic N) is 1. The molecule has 0 radical (unpaired) electrons. The highest BCUT2D eigenvalue weighted by Gasteiger charge is 2.06. The third-order valence-corrected chi connectivity index (χ3v) is 1.28. The number of nitrogens with one attached hydrogen (secondary N) is 1. The van der Waals surface area contributed by atoms with E-state index in [0.717, 1.165) is 0 Å². The van der Waals surface area contributed by atoms with E-state index >= 15 is 0 Å². The fourth-order valence-electron chi connectivity index (χ4n) is 0.540. The number of alkyl halides is 1. The number of rotatable bonds is 2. The normalized spacial score (nSPS) is 9.70. The molecule has 0 aromatic carbocycles. The quantitative estimate of drug-likeness (QED) is 0.631. The number of carbonyl (C=O) groups is 1. The molecule has 0 bridgehead atoms. The summed E-state index contributed by atoms with van der Waals surface area (Å²) in [6, 6.07) is 1.40. The highest BCUT2D eigenvalue weighted by atomic mass is 35.5. The van der Waals surface area contributed by atoms with E-state index in [9.17, 15) is 4.79 Å². The van der Waals surface area contributed by atoms with E-state index in [4.69, 9.17) is 16.7 Å². The smallest absolute Gasteiger partial charge is 0.356 e. The van der Waals surface area contributed by atoms with Crippen LogP contribution in [-0.4, -0.2) is 21.3 Å². The summed E-state index contributed by atoms with van der Waals surface area (Å²) >= 11 is 5.38. The number of hydrogen-bond donors (Lipinski definition) is 2. The van der Waals surface area contributed by atoms with Crippen molar-refractivity contribution in [3.63, 3.8) is 0 Å². The van der Waals surface area contributed by atoms with Crippen LogP contribution >= 0.6 is 11.6 Å². The first-order chi connectivity index (χ1) is 4.74. The maximum Gasteiger partial charge on any atom is 0.356 e. The summed E-state index contributed by atoms with van der Waals surface area (Å²) in [7, 11) is 0. The lowest BCUT2D eigenvalue weighted by Crippen LogP contribution is -1.95. The zero-order chi connectivity index (χ0) is 7.56. The van der Waals surface area contributed by atoms with Gasteiger partial charge in [0, 0.05) is 0 Å². The van der Waals surface area contributed by atoms with Crippen LogP contribution in [-0.2, 0) is 5.88 Å². The Hall–Kier alpha value is -1.03. The molecule has 0 amide bonds. The molecule has 0 saturated carbocycles. The summed E-state index contributed by atoms with van der Waals surface area (Å²) in [5, 5.41) is 14.3. The fraction of sp³-hybridized carbons (Fsp3) is 0.200. The molecule has 0 unspecified atom stereocenters. The van der Waals surface area contributed by atoms with Gasteiger partial charge in [-0.25, -0.2) is 4.79 Å².